The molecule has 2 rings (SSSR count). The van der Waals surface area contributed by atoms with Crippen molar-refractivity contribution in [2.45, 2.75) is 51.8 Å². The Labute approximate surface area is 119 Å². The molecule has 1 saturated carbocycles. The van der Waals surface area contributed by atoms with Gasteiger partial charge in [0.05, 0.1) is 12.3 Å². The van der Waals surface area contributed by atoms with Crippen molar-refractivity contribution in [1.82, 2.24) is 10.3 Å². The van der Waals surface area contributed by atoms with E-state index in [1.807, 2.05) is 0 Å². The SMILES string of the molecule is Cc1ncc(CO)c(CNC2CCCCC2CO)c1O. The fourth-order valence-electron chi connectivity index (χ4n) is 2.95. The zero-order valence-electron chi connectivity index (χ0n) is 12.0. The van der Waals surface area contributed by atoms with Crippen LogP contribution in [-0.2, 0) is 13.2 Å². The quantitative estimate of drug-likeness (QED) is 0.652. The zero-order chi connectivity index (χ0) is 14.5. The van der Waals surface area contributed by atoms with Crippen LogP contribution in [0.25, 0.3) is 0 Å². The van der Waals surface area contributed by atoms with Gasteiger partial charge in [-0.05, 0) is 25.7 Å². The Hall–Kier alpha value is -1.17. The van der Waals surface area contributed by atoms with E-state index in [4.69, 9.17) is 0 Å². The summed E-state index contributed by atoms with van der Waals surface area (Å²) >= 11 is 0. The van der Waals surface area contributed by atoms with E-state index >= 15 is 0 Å². The summed E-state index contributed by atoms with van der Waals surface area (Å²) in [6.45, 7) is 2.31. The second-order valence-corrected chi connectivity index (χ2v) is 5.57. The third-order valence-electron chi connectivity index (χ3n) is 4.29. The molecule has 2 unspecified atom stereocenters. The molecule has 1 fully saturated rings. The summed E-state index contributed by atoms with van der Waals surface area (Å²) in [5.74, 6) is 0.437. The predicted molar refractivity (Wildman–Crippen MR) is 76.2 cm³/mol. The molecule has 1 aromatic rings. The van der Waals surface area contributed by atoms with Crippen molar-refractivity contribution in [3.8, 4) is 5.75 Å². The van der Waals surface area contributed by atoms with Crippen LogP contribution in [0.2, 0.25) is 0 Å². The minimum atomic E-state index is -0.133. The summed E-state index contributed by atoms with van der Waals surface area (Å²) < 4.78 is 0. The van der Waals surface area contributed by atoms with Crippen LogP contribution in [0.4, 0.5) is 0 Å². The summed E-state index contributed by atoms with van der Waals surface area (Å²) in [5.41, 5.74) is 1.93. The summed E-state index contributed by atoms with van der Waals surface area (Å²) in [4.78, 5) is 4.06. The number of nitrogens with one attached hydrogen (secondary N) is 1. The van der Waals surface area contributed by atoms with Gasteiger partial charge < -0.3 is 20.6 Å². The molecule has 5 heteroatoms. The van der Waals surface area contributed by atoms with Gasteiger partial charge in [0.1, 0.15) is 5.75 Å². The molecule has 0 aromatic carbocycles. The van der Waals surface area contributed by atoms with Gasteiger partial charge in [0, 0.05) is 36.5 Å². The van der Waals surface area contributed by atoms with Crippen LogP contribution >= 0.6 is 0 Å². The topological polar surface area (TPSA) is 85.6 Å². The standard InChI is InChI=1S/C15H24N2O3/c1-10-15(20)13(12(9-19)6-16-10)7-17-14-5-3-2-4-11(14)8-18/h6,11,14,17-20H,2-5,7-9H2,1H3. The Bertz CT molecular complexity index is 451. The fourth-order valence-corrected chi connectivity index (χ4v) is 2.95. The van der Waals surface area contributed by atoms with Gasteiger partial charge in [-0.1, -0.05) is 12.8 Å². The van der Waals surface area contributed by atoms with E-state index in [9.17, 15) is 15.3 Å². The first kappa shape index (κ1) is 15.2. The van der Waals surface area contributed by atoms with Crippen molar-refractivity contribution in [3.05, 3.63) is 23.0 Å². The molecule has 0 amide bonds. The third-order valence-corrected chi connectivity index (χ3v) is 4.29. The van der Waals surface area contributed by atoms with Crippen molar-refractivity contribution in [2.24, 2.45) is 5.92 Å². The van der Waals surface area contributed by atoms with Gasteiger partial charge in [-0.25, -0.2) is 0 Å². The lowest BCUT2D eigenvalue weighted by Gasteiger charge is -2.31. The minimum Gasteiger partial charge on any atom is -0.506 e. The van der Waals surface area contributed by atoms with Crippen LogP contribution in [0.15, 0.2) is 6.20 Å². The lowest BCUT2D eigenvalue weighted by atomic mass is 9.85. The van der Waals surface area contributed by atoms with Crippen molar-refractivity contribution < 1.29 is 15.3 Å². The first-order valence-corrected chi connectivity index (χ1v) is 7.28. The smallest absolute Gasteiger partial charge is 0.141 e. The molecule has 0 spiro atoms. The van der Waals surface area contributed by atoms with Gasteiger partial charge in [-0.2, -0.15) is 0 Å². The van der Waals surface area contributed by atoms with Gasteiger partial charge in [0.25, 0.3) is 0 Å². The van der Waals surface area contributed by atoms with E-state index in [1.54, 1.807) is 13.1 Å². The maximum atomic E-state index is 10.1. The van der Waals surface area contributed by atoms with Crippen molar-refractivity contribution in [2.75, 3.05) is 6.61 Å². The number of rotatable bonds is 5. The molecule has 20 heavy (non-hydrogen) atoms. The van der Waals surface area contributed by atoms with E-state index < -0.39 is 0 Å². The highest BCUT2D eigenvalue weighted by atomic mass is 16.3. The van der Waals surface area contributed by atoms with E-state index in [0.717, 1.165) is 12.8 Å². The Morgan fingerprint density at radius 2 is 2.05 bits per heavy atom. The first-order chi connectivity index (χ1) is 9.67. The van der Waals surface area contributed by atoms with Crippen LogP contribution in [0, 0.1) is 12.8 Å². The molecule has 1 aliphatic carbocycles. The maximum absolute atomic E-state index is 10.1. The van der Waals surface area contributed by atoms with Gasteiger partial charge in [-0.3, -0.25) is 4.98 Å². The average Bonchev–Trinajstić information content (AvgIpc) is 2.49. The monoisotopic (exact) mass is 280 g/mol. The van der Waals surface area contributed by atoms with Crippen LogP contribution in [0.3, 0.4) is 0 Å². The number of hydrogen-bond acceptors (Lipinski definition) is 5. The van der Waals surface area contributed by atoms with Crippen molar-refractivity contribution in [1.29, 1.82) is 0 Å². The van der Waals surface area contributed by atoms with E-state index in [1.165, 1.54) is 12.8 Å². The highest BCUT2D eigenvalue weighted by molar-refractivity contribution is 5.40. The van der Waals surface area contributed by atoms with Crippen LogP contribution in [-0.4, -0.2) is 33.0 Å². The second-order valence-electron chi connectivity index (χ2n) is 5.57. The van der Waals surface area contributed by atoms with Crippen LogP contribution in [0.1, 0.15) is 42.5 Å². The number of hydrogen-bond donors (Lipinski definition) is 4. The molecule has 5 nitrogen and oxygen atoms in total. The molecule has 0 saturated heterocycles. The van der Waals surface area contributed by atoms with Gasteiger partial charge in [-0.15, -0.1) is 0 Å². The van der Waals surface area contributed by atoms with Crippen LogP contribution in [0.5, 0.6) is 5.75 Å². The van der Waals surface area contributed by atoms with E-state index in [0.29, 0.717) is 23.4 Å². The molecule has 0 radical (unpaired) electrons. The number of aromatic hydroxyl groups is 1. The molecular formula is C15H24N2O3. The van der Waals surface area contributed by atoms with Crippen molar-refractivity contribution in [3.63, 3.8) is 0 Å². The highest BCUT2D eigenvalue weighted by Gasteiger charge is 2.24. The zero-order valence-corrected chi connectivity index (χ0v) is 12.0. The molecule has 4 N–H and O–H groups in total. The second kappa shape index (κ2) is 7.02. The lowest BCUT2D eigenvalue weighted by Crippen LogP contribution is -2.40. The Balaban J connectivity index is 2.08. The fraction of sp³-hybridized carbons (Fsp3) is 0.667. The summed E-state index contributed by atoms with van der Waals surface area (Å²) in [6.07, 6.45) is 6.04. The number of nitrogens with zero attached hydrogens (tertiary/aromatic N) is 1. The predicted octanol–water partition coefficient (Wildman–Crippen LogP) is 1.23. The lowest BCUT2D eigenvalue weighted by molar-refractivity contribution is 0.152. The number of aliphatic hydroxyl groups excluding tert-OH is 2. The van der Waals surface area contributed by atoms with Gasteiger partial charge >= 0.3 is 0 Å². The maximum Gasteiger partial charge on any atom is 0.141 e. The van der Waals surface area contributed by atoms with E-state index in [-0.39, 0.29) is 30.9 Å². The Kier molecular flexibility index (Phi) is 5.34. The molecule has 112 valence electrons. The highest BCUT2D eigenvalue weighted by Crippen LogP contribution is 2.27. The third kappa shape index (κ3) is 3.29. The number of aryl methyl sites for hydroxylation is 1. The number of aromatic nitrogens is 1. The van der Waals surface area contributed by atoms with Crippen molar-refractivity contribution >= 4 is 0 Å². The molecule has 1 aromatic heterocycles. The molecule has 1 aliphatic rings. The summed E-state index contributed by atoms with van der Waals surface area (Å²) in [5, 5.41) is 32.3. The first-order valence-electron chi connectivity index (χ1n) is 7.28. The normalized spacial score (nSPS) is 22.9. The largest absolute Gasteiger partial charge is 0.506 e. The molecular weight excluding hydrogens is 256 g/mol. The molecule has 1 heterocycles. The number of pyridine rings is 1. The average molecular weight is 280 g/mol. The Morgan fingerprint density at radius 1 is 1.30 bits per heavy atom. The molecule has 0 aliphatic heterocycles. The summed E-state index contributed by atoms with van der Waals surface area (Å²) in [7, 11) is 0. The van der Waals surface area contributed by atoms with Gasteiger partial charge in [0.2, 0.25) is 0 Å². The summed E-state index contributed by atoms with van der Waals surface area (Å²) in [6, 6.07) is 0.271. The minimum absolute atomic E-state index is 0.133. The molecule has 2 atom stereocenters. The molecule has 0 bridgehead atoms. The number of aliphatic hydroxyl groups is 2. The van der Waals surface area contributed by atoms with Gasteiger partial charge in [0.15, 0.2) is 0 Å². The van der Waals surface area contributed by atoms with E-state index in [2.05, 4.69) is 10.3 Å². The Morgan fingerprint density at radius 3 is 2.75 bits per heavy atom. The van der Waals surface area contributed by atoms with Crippen LogP contribution < -0.4 is 5.32 Å².